The van der Waals surface area contributed by atoms with Crippen LogP contribution in [0.25, 0.3) is 0 Å². The lowest BCUT2D eigenvalue weighted by atomic mass is 9.93. The number of hydrogen-bond acceptors (Lipinski definition) is 2. The van der Waals surface area contributed by atoms with Gasteiger partial charge in [0.25, 0.3) is 0 Å². The van der Waals surface area contributed by atoms with Crippen LogP contribution in [0.5, 0.6) is 0 Å². The fourth-order valence-corrected chi connectivity index (χ4v) is 2.59. The van der Waals surface area contributed by atoms with E-state index in [0.29, 0.717) is 0 Å². The molecule has 76 valence electrons. The number of piperidine rings is 1. The Bertz CT molecular complexity index is 155. The largest absolute Gasteiger partial charge is 0.306 e. The van der Waals surface area contributed by atoms with Gasteiger partial charge < -0.3 is 9.80 Å². The summed E-state index contributed by atoms with van der Waals surface area (Å²) in [7, 11) is 2.24. The predicted molar refractivity (Wildman–Crippen MR) is 55.8 cm³/mol. The lowest BCUT2D eigenvalue weighted by Crippen LogP contribution is -2.48. The third kappa shape index (κ3) is 2.44. The van der Waals surface area contributed by atoms with E-state index in [2.05, 4.69) is 23.8 Å². The first kappa shape index (κ1) is 9.47. The molecule has 0 atom stereocenters. The highest BCUT2D eigenvalue weighted by Gasteiger charge is 2.26. The second-order valence-electron chi connectivity index (χ2n) is 5.07. The minimum absolute atomic E-state index is 0.964. The summed E-state index contributed by atoms with van der Waals surface area (Å²) in [6.45, 7) is 9.06. The van der Waals surface area contributed by atoms with E-state index in [9.17, 15) is 0 Å². The minimum atomic E-state index is 0.964. The van der Waals surface area contributed by atoms with Crippen molar-refractivity contribution in [1.82, 2.24) is 9.80 Å². The maximum Gasteiger partial charge on any atom is 0.00195 e. The average Bonchev–Trinajstić information content (AvgIpc) is 2.06. The van der Waals surface area contributed by atoms with Gasteiger partial charge >= 0.3 is 0 Å². The zero-order valence-corrected chi connectivity index (χ0v) is 9.00. The van der Waals surface area contributed by atoms with Crippen LogP contribution >= 0.6 is 0 Å². The fraction of sp³-hybridized carbons (Fsp3) is 1.00. The van der Waals surface area contributed by atoms with Crippen molar-refractivity contribution in [2.24, 2.45) is 11.8 Å². The van der Waals surface area contributed by atoms with E-state index in [4.69, 9.17) is 0 Å². The number of rotatable bonds is 2. The van der Waals surface area contributed by atoms with Crippen LogP contribution in [-0.4, -0.2) is 49.6 Å². The van der Waals surface area contributed by atoms with Crippen molar-refractivity contribution in [3.05, 3.63) is 0 Å². The van der Waals surface area contributed by atoms with Crippen LogP contribution in [0.4, 0.5) is 0 Å². The van der Waals surface area contributed by atoms with E-state index in [-0.39, 0.29) is 0 Å². The van der Waals surface area contributed by atoms with Gasteiger partial charge in [-0.25, -0.2) is 0 Å². The molecule has 0 amide bonds. The molecule has 0 aromatic rings. The normalized spacial score (nSPS) is 29.1. The summed E-state index contributed by atoms with van der Waals surface area (Å²) in [6, 6.07) is 0. The molecule has 0 unspecified atom stereocenters. The number of nitrogens with zero attached hydrogens (tertiary/aromatic N) is 2. The van der Waals surface area contributed by atoms with E-state index < -0.39 is 0 Å². The summed E-state index contributed by atoms with van der Waals surface area (Å²) in [5.74, 6) is 1.95. The molecule has 2 fully saturated rings. The summed E-state index contributed by atoms with van der Waals surface area (Å²) >= 11 is 0. The van der Waals surface area contributed by atoms with Gasteiger partial charge in [0, 0.05) is 19.6 Å². The Kier molecular flexibility index (Phi) is 2.89. The number of hydrogen-bond donors (Lipinski definition) is 0. The van der Waals surface area contributed by atoms with E-state index in [1.165, 1.54) is 45.6 Å². The van der Waals surface area contributed by atoms with Gasteiger partial charge in [0.05, 0.1) is 0 Å². The van der Waals surface area contributed by atoms with Crippen LogP contribution in [0.15, 0.2) is 0 Å². The molecule has 0 N–H and O–H groups in total. The van der Waals surface area contributed by atoms with Gasteiger partial charge in [0.15, 0.2) is 0 Å². The summed E-state index contributed by atoms with van der Waals surface area (Å²) in [5, 5.41) is 0. The first-order valence-electron chi connectivity index (χ1n) is 5.65. The fourth-order valence-electron chi connectivity index (χ4n) is 2.59. The standard InChI is InChI=1S/C11H22N2/c1-10-7-13(8-10)9-11-3-5-12(2)6-4-11/h10-11H,3-9H2,1-2H3. The van der Waals surface area contributed by atoms with Gasteiger partial charge in [-0.05, 0) is 44.8 Å². The molecule has 2 aliphatic heterocycles. The van der Waals surface area contributed by atoms with Crippen LogP contribution in [0.3, 0.4) is 0 Å². The summed E-state index contributed by atoms with van der Waals surface area (Å²) in [4.78, 5) is 5.08. The molecule has 2 saturated heterocycles. The van der Waals surface area contributed by atoms with Crippen molar-refractivity contribution >= 4 is 0 Å². The van der Waals surface area contributed by atoms with E-state index in [0.717, 1.165) is 11.8 Å². The first-order valence-corrected chi connectivity index (χ1v) is 5.65. The molecule has 0 bridgehead atoms. The third-order valence-electron chi connectivity index (χ3n) is 3.49. The van der Waals surface area contributed by atoms with Gasteiger partial charge in [-0.3, -0.25) is 0 Å². The molecule has 2 heteroatoms. The van der Waals surface area contributed by atoms with Crippen molar-refractivity contribution < 1.29 is 0 Å². The Hall–Kier alpha value is -0.0800. The highest BCUT2D eigenvalue weighted by Crippen LogP contribution is 2.21. The highest BCUT2D eigenvalue weighted by molar-refractivity contribution is 4.80. The smallest absolute Gasteiger partial charge is 0.00195 e. The predicted octanol–water partition coefficient (Wildman–Crippen LogP) is 1.28. The van der Waals surface area contributed by atoms with Crippen LogP contribution in [0.1, 0.15) is 19.8 Å². The van der Waals surface area contributed by atoms with Gasteiger partial charge in [-0.15, -0.1) is 0 Å². The summed E-state index contributed by atoms with van der Waals surface area (Å²) < 4.78 is 0. The first-order chi connectivity index (χ1) is 6.24. The van der Waals surface area contributed by atoms with E-state index >= 15 is 0 Å². The van der Waals surface area contributed by atoms with Gasteiger partial charge in [-0.2, -0.15) is 0 Å². The van der Waals surface area contributed by atoms with Crippen LogP contribution in [-0.2, 0) is 0 Å². The molecule has 2 nitrogen and oxygen atoms in total. The lowest BCUT2D eigenvalue weighted by molar-refractivity contribution is 0.0741. The van der Waals surface area contributed by atoms with Crippen LogP contribution in [0.2, 0.25) is 0 Å². The lowest BCUT2D eigenvalue weighted by Gasteiger charge is -2.41. The topological polar surface area (TPSA) is 6.48 Å². The molecule has 0 spiro atoms. The second-order valence-corrected chi connectivity index (χ2v) is 5.07. The van der Waals surface area contributed by atoms with Crippen molar-refractivity contribution in [3.8, 4) is 0 Å². The monoisotopic (exact) mass is 182 g/mol. The SMILES string of the molecule is CC1CN(CC2CCN(C)CC2)C1. The molecule has 0 saturated carbocycles. The Morgan fingerprint density at radius 1 is 1.15 bits per heavy atom. The zero-order chi connectivity index (χ0) is 9.26. The quantitative estimate of drug-likeness (QED) is 0.635. The Labute approximate surface area is 81.9 Å². The molecule has 2 aliphatic rings. The van der Waals surface area contributed by atoms with E-state index in [1.807, 2.05) is 0 Å². The van der Waals surface area contributed by atoms with Crippen molar-refractivity contribution in [1.29, 1.82) is 0 Å². The average molecular weight is 182 g/mol. The van der Waals surface area contributed by atoms with Crippen molar-refractivity contribution in [2.75, 3.05) is 39.8 Å². The Morgan fingerprint density at radius 3 is 2.31 bits per heavy atom. The number of likely N-dealkylation sites (tertiary alicyclic amines) is 2. The molecule has 0 aliphatic carbocycles. The molecular weight excluding hydrogens is 160 g/mol. The molecule has 2 heterocycles. The summed E-state index contributed by atoms with van der Waals surface area (Å²) in [6.07, 6.45) is 2.84. The maximum absolute atomic E-state index is 2.63. The van der Waals surface area contributed by atoms with Crippen LogP contribution in [0, 0.1) is 11.8 Å². The van der Waals surface area contributed by atoms with E-state index in [1.54, 1.807) is 0 Å². The van der Waals surface area contributed by atoms with Gasteiger partial charge in [0.1, 0.15) is 0 Å². The molecular formula is C11H22N2. The molecule has 0 aromatic heterocycles. The molecule has 13 heavy (non-hydrogen) atoms. The highest BCUT2D eigenvalue weighted by atomic mass is 15.2. The minimum Gasteiger partial charge on any atom is -0.306 e. The summed E-state index contributed by atoms with van der Waals surface area (Å²) in [5.41, 5.74) is 0. The molecule has 2 rings (SSSR count). The Morgan fingerprint density at radius 2 is 1.77 bits per heavy atom. The van der Waals surface area contributed by atoms with Crippen LogP contribution < -0.4 is 0 Å². The third-order valence-corrected chi connectivity index (χ3v) is 3.49. The molecule has 0 aromatic carbocycles. The van der Waals surface area contributed by atoms with Crippen molar-refractivity contribution in [3.63, 3.8) is 0 Å². The van der Waals surface area contributed by atoms with Gasteiger partial charge in [-0.1, -0.05) is 6.92 Å². The van der Waals surface area contributed by atoms with Gasteiger partial charge in [0.2, 0.25) is 0 Å². The maximum atomic E-state index is 2.63. The zero-order valence-electron chi connectivity index (χ0n) is 9.00. The molecule has 0 radical (unpaired) electrons. The van der Waals surface area contributed by atoms with Crippen molar-refractivity contribution in [2.45, 2.75) is 19.8 Å². The second kappa shape index (κ2) is 3.97. The Balaban J connectivity index is 1.65.